The van der Waals surface area contributed by atoms with Gasteiger partial charge in [-0.1, -0.05) is 54.6 Å². The molecule has 1 aliphatic rings. The lowest BCUT2D eigenvalue weighted by atomic mass is 10.0. The molecule has 1 amide bonds. The minimum atomic E-state index is -4.11. The van der Waals surface area contributed by atoms with Gasteiger partial charge in [0.05, 0.1) is 21.2 Å². The van der Waals surface area contributed by atoms with Crippen LogP contribution >= 0.6 is 0 Å². The molecule has 2 N–H and O–H groups in total. The van der Waals surface area contributed by atoms with Crippen molar-refractivity contribution in [3.05, 3.63) is 115 Å². The van der Waals surface area contributed by atoms with E-state index >= 15 is 0 Å². The van der Waals surface area contributed by atoms with E-state index in [1.54, 1.807) is 30.3 Å². The molecule has 0 aromatic heterocycles. The normalized spacial score (nSPS) is 13.7. The molecule has 0 aliphatic carbocycles. The van der Waals surface area contributed by atoms with Crippen molar-refractivity contribution < 1.29 is 26.0 Å². The number of carbonyl (C=O) groups excluding carboxylic acids is 1. The maximum atomic E-state index is 14.1. The molecule has 0 unspecified atom stereocenters. The van der Waals surface area contributed by atoms with Gasteiger partial charge in [0.2, 0.25) is 5.91 Å². The maximum absolute atomic E-state index is 14.1. The molecule has 1 aliphatic heterocycles. The van der Waals surface area contributed by atoms with Gasteiger partial charge in [-0.3, -0.25) is 13.8 Å². The fourth-order valence-corrected chi connectivity index (χ4v) is 7.57. The van der Waals surface area contributed by atoms with Crippen LogP contribution in [0.2, 0.25) is 0 Å². The summed E-state index contributed by atoms with van der Waals surface area (Å²) in [5.41, 5.74) is 1.60. The number of rotatable bonds is 6. The number of sulfonamides is 2. The first-order valence-electron chi connectivity index (χ1n) is 12.5. The Bertz CT molecular complexity index is 2040. The molecule has 206 valence electrons. The van der Waals surface area contributed by atoms with E-state index in [2.05, 4.69) is 10.0 Å². The second-order valence-corrected chi connectivity index (χ2v) is 12.9. The summed E-state index contributed by atoms with van der Waals surface area (Å²) in [4.78, 5) is 12.9. The number of halogens is 1. The van der Waals surface area contributed by atoms with Crippen molar-refractivity contribution in [1.29, 1.82) is 0 Å². The molecular formula is C30H22FN3O5S2. The molecule has 41 heavy (non-hydrogen) atoms. The van der Waals surface area contributed by atoms with Crippen LogP contribution in [0.5, 0.6) is 0 Å². The maximum Gasteiger partial charge on any atom is 0.265 e. The summed E-state index contributed by atoms with van der Waals surface area (Å²) in [6.07, 6.45) is 0. The van der Waals surface area contributed by atoms with Gasteiger partial charge in [0.25, 0.3) is 20.0 Å². The summed E-state index contributed by atoms with van der Waals surface area (Å²) < 4.78 is 70.5. The lowest BCUT2D eigenvalue weighted by Gasteiger charge is -2.31. The van der Waals surface area contributed by atoms with Crippen molar-refractivity contribution in [2.45, 2.75) is 9.79 Å². The number of nitrogens with one attached hydrogen (secondary N) is 2. The van der Waals surface area contributed by atoms with Crippen LogP contribution in [0, 0.1) is 5.82 Å². The molecular weight excluding hydrogens is 565 g/mol. The molecule has 5 aromatic rings. The first kappa shape index (κ1) is 26.5. The summed E-state index contributed by atoms with van der Waals surface area (Å²) in [5.74, 6) is -1.19. The van der Waals surface area contributed by atoms with E-state index in [-0.39, 0.29) is 21.2 Å². The summed E-state index contributed by atoms with van der Waals surface area (Å²) in [7, 11) is -8.04. The predicted molar refractivity (Wildman–Crippen MR) is 156 cm³/mol. The molecule has 5 aromatic carbocycles. The molecule has 0 bridgehead atoms. The van der Waals surface area contributed by atoms with Crippen molar-refractivity contribution >= 4 is 53.8 Å². The minimum Gasteiger partial charge on any atom is -0.325 e. The van der Waals surface area contributed by atoms with Gasteiger partial charge in [0.1, 0.15) is 12.4 Å². The van der Waals surface area contributed by atoms with Crippen molar-refractivity contribution in [3.63, 3.8) is 0 Å². The Balaban J connectivity index is 1.21. The highest BCUT2D eigenvalue weighted by Crippen LogP contribution is 2.43. The third-order valence-electron chi connectivity index (χ3n) is 6.74. The van der Waals surface area contributed by atoms with Gasteiger partial charge in [0, 0.05) is 22.2 Å². The fraction of sp³-hybridized carbons (Fsp3) is 0.0333. The van der Waals surface area contributed by atoms with Crippen molar-refractivity contribution in [1.82, 2.24) is 0 Å². The molecule has 0 atom stereocenters. The molecule has 0 radical (unpaired) electrons. The highest BCUT2D eigenvalue weighted by molar-refractivity contribution is 7.93. The molecule has 0 spiro atoms. The Morgan fingerprint density at radius 1 is 0.805 bits per heavy atom. The van der Waals surface area contributed by atoms with Gasteiger partial charge in [-0.25, -0.2) is 21.2 Å². The van der Waals surface area contributed by atoms with Crippen molar-refractivity contribution in [3.8, 4) is 11.1 Å². The van der Waals surface area contributed by atoms with Crippen molar-refractivity contribution in [2.75, 3.05) is 20.9 Å². The van der Waals surface area contributed by atoms with Gasteiger partial charge in [-0.05, 0) is 60.0 Å². The van der Waals surface area contributed by atoms with Crippen LogP contribution < -0.4 is 14.3 Å². The minimum absolute atomic E-state index is 0.0189. The topological polar surface area (TPSA) is 113 Å². The number of benzene rings is 5. The van der Waals surface area contributed by atoms with E-state index in [9.17, 15) is 26.0 Å². The molecule has 1 heterocycles. The van der Waals surface area contributed by atoms with Crippen LogP contribution in [0.25, 0.3) is 21.9 Å². The quantitative estimate of drug-likeness (QED) is 0.269. The van der Waals surface area contributed by atoms with E-state index in [4.69, 9.17) is 0 Å². The molecule has 0 saturated heterocycles. The average Bonchev–Trinajstić information content (AvgIpc) is 2.96. The Morgan fingerprint density at radius 3 is 2.32 bits per heavy atom. The van der Waals surface area contributed by atoms with Gasteiger partial charge < -0.3 is 5.32 Å². The number of fused-ring (bicyclic) bond motifs is 4. The lowest BCUT2D eigenvalue weighted by molar-refractivity contribution is -0.114. The monoisotopic (exact) mass is 587 g/mol. The van der Waals surface area contributed by atoms with Gasteiger partial charge in [-0.2, -0.15) is 0 Å². The second-order valence-electron chi connectivity index (χ2n) is 9.37. The van der Waals surface area contributed by atoms with Crippen LogP contribution in [0.4, 0.5) is 21.5 Å². The number of anilines is 3. The molecule has 0 fully saturated rings. The van der Waals surface area contributed by atoms with E-state index in [1.807, 2.05) is 30.3 Å². The highest BCUT2D eigenvalue weighted by atomic mass is 32.2. The summed E-state index contributed by atoms with van der Waals surface area (Å²) >= 11 is 0. The Hall–Kier alpha value is -4.74. The number of hydrogen-bond donors (Lipinski definition) is 2. The zero-order valence-corrected chi connectivity index (χ0v) is 22.9. The van der Waals surface area contributed by atoms with Crippen molar-refractivity contribution in [2.24, 2.45) is 0 Å². The van der Waals surface area contributed by atoms with Crippen LogP contribution in [-0.2, 0) is 24.8 Å². The first-order valence-corrected chi connectivity index (χ1v) is 15.4. The SMILES string of the molecule is O=C(CN1c2ccc(F)cc2-c2ccccc2S1(=O)=O)Nc1ccc(S(=O)(=O)Nc2cccc3ccccc23)cc1. The first-order chi connectivity index (χ1) is 19.6. The zero-order valence-electron chi connectivity index (χ0n) is 21.3. The summed E-state index contributed by atoms with van der Waals surface area (Å²) in [6.45, 7) is -0.571. The summed E-state index contributed by atoms with van der Waals surface area (Å²) in [6, 6.07) is 28.1. The van der Waals surface area contributed by atoms with E-state index in [0.29, 0.717) is 16.8 Å². The van der Waals surface area contributed by atoms with Gasteiger partial charge in [-0.15, -0.1) is 0 Å². The summed E-state index contributed by atoms with van der Waals surface area (Å²) in [5, 5.41) is 4.25. The average molecular weight is 588 g/mol. The smallest absolute Gasteiger partial charge is 0.265 e. The number of carbonyl (C=O) groups is 1. The van der Waals surface area contributed by atoms with Crippen LogP contribution in [0.1, 0.15) is 0 Å². The van der Waals surface area contributed by atoms with Crippen LogP contribution in [0.3, 0.4) is 0 Å². The van der Waals surface area contributed by atoms with Crippen LogP contribution in [0.15, 0.2) is 119 Å². The number of hydrogen-bond acceptors (Lipinski definition) is 5. The fourth-order valence-electron chi connectivity index (χ4n) is 4.84. The van der Waals surface area contributed by atoms with Crippen LogP contribution in [-0.4, -0.2) is 29.3 Å². The molecule has 0 saturated carbocycles. The number of amides is 1. The van der Waals surface area contributed by atoms with Gasteiger partial charge in [0.15, 0.2) is 0 Å². The molecule has 11 heteroatoms. The largest absolute Gasteiger partial charge is 0.325 e. The molecule has 6 rings (SSSR count). The standard InChI is InChI=1S/C30H22FN3O5S2/c31-21-12-17-28-26(18-21)25-9-3-4-11-29(25)41(38,39)34(28)19-30(35)32-22-13-15-23(16-14-22)40(36,37)33-27-10-5-7-20-6-1-2-8-24(20)27/h1-18,33H,19H2,(H,32,35). The lowest BCUT2D eigenvalue weighted by Crippen LogP contribution is -2.40. The van der Waals surface area contributed by atoms with Gasteiger partial charge >= 0.3 is 0 Å². The van der Waals surface area contributed by atoms with E-state index < -0.39 is 38.3 Å². The Labute approximate surface area is 236 Å². The molecule has 8 nitrogen and oxygen atoms in total. The zero-order chi connectivity index (χ0) is 28.8. The highest BCUT2D eigenvalue weighted by Gasteiger charge is 2.36. The van der Waals surface area contributed by atoms with E-state index in [0.717, 1.165) is 21.1 Å². The Morgan fingerprint density at radius 2 is 1.51 bits per heavy atom. The van der Waals surface area contributed by atoms with E-state index in [1.165, 1.54) is 42.5 Å². The second kappa shape index (κ2) is 10.0. The third kappa shape index (κ3) is 4.90. The third-order valence-corrected chi connectivity index (χ3v) is 9.94. The Kier molecular flexibility index (Phi) is 6.47. The number of nitrogens with zero attached hydrogens (tertiary/aromatic N) is 1. The predicted octanol–water partition coefficient (Wildman–Crippen LogP) is 5.59.